The maximum atomic E-state index is 14.4. The molecular weight excluding hydrogens is 326 g/mol. The molecule has 0 aromatic heterocycles. The second-order valence-electron chi connectivity index (χ2n) is 6.65. The topological polar surface area (TPSA) is 52.6 Å². The van der Waals surface area contributed by atoms with E-state index in [4.69, 9.17) is 9.47 Å². The molecule has 2 heterocycles. The van der Waals surface area contributed by atoms with Crippen molar-refractivity contribution in [2.24, 2.45) is 5.92 Å². The zero-order valence-electron chi connectivity index (χ0n) is 13.1. The number of rotatable bonds is 3. The van der Waals surface area contributed by atoms with Crippen molar-refractivity contribution in [3.63, 3.8) is 0 Å². The normalized spacial score (nSPS) is 30.3. The van der Waals surface area contributed by atoms with Gasteiger partial charge in [0, 0.05) is 29.8 Å². The van der Waals surface area contributed by atoms with E-state index in [1.54, 1.807) is 0 Å². The van der Waals surface area contributed by atoms with Crippen LogP contribution in [0.2, 0.25) is 0 Å². The molecule has 1 aromatic carbocycles. The molecule has 0 radical (unpaired) electrons. The zero-order valence-corrected chi connectivity index (χ0v) is 14.0. The summed E-state index contributed by atoms with van der Waals surface area (Å²) in [5, 5.41) is 0. The van der Waals surface area contributed by atoms with Gasteiger partial charge in [-0.15, -0.1) is 0 Å². The van der Waals surface area contributed by atoms with Gasteiger partial charge in [-0.3, -0.25) is 0 Å². The van der Waals surface area contributed by atoms with E-state index in [-0.39, 0.29) is 35.7 Å². The minimum absolute atomic E-state index is 0.00272. The Balaban J connectivity index is 1.96. The molecule has 23 heavy (non-hydrogen) atoms. The van der Waals surface area contributed by atoms with Crippen LogP contribution in [0.5, 0.6) is 5.75 Å². The molecule has 7 heteroatoms. The summed E-state index contributed by atoms with van der Waals surface area (Å²) in [6.45, 7) is 2.46. The summed E-state index contributed by atoms with van der Waals surface area (Å²) in [5.41, 5.74) is -0.374. The second-order valence-corrected chi connectivity index (χ2v) is 8.91. The van der Waals surface area contributed by atoms with E-state index in [1.165, 1.54) is 6.26 Å². The van der Waals surface area contributed by atoms with Crippen molar-refractivity contribution < 1.29 is 26.7 Å². The summed E-state index contributed by atoms with van der Waals surface area (Å²) in [4.78, 5) is 0. The van der Waals surface area contributed by atoms with Crippen molar-refractivity contribution in [1.82, 2.24) is 0 Å². The third-order valence-electron chi connectivity index (χ3n) is 5.03. The molecule has 0 amide bonds. The predicted octanol–water partition coefficient (Wildman–Crippen LogP) is 2.45. The van der Waals surface area contributed by atoms with E-state index in [0.29, 0.717) is 19.4 Å². The first-order valence-corrected chi connectivity index (χ1v) is 9.69. The monoisotopic (exact) mass is 346 g/mol. The van der Waals surface area contributed by atoms with Gasteiger partial charge in [-0.1, -0.05) is 6.92 Å². The molecule has 1 saturated heterocycles. The molecular formula is C16H20F2O4S. The summed E-state index contributed by atoms with van der Waals surface area (Å²) in [5.74, 6) is -1.28. The summed E-state index contributed by atoms with van der Waals surface area (Å²) >= 11 is 0. The largest absolute Gasteiger partial charge is 0.490 e. The standard InChI is InChI=1S/C16H20F2O4S/c1-16-6-7-21-13(5-8-23(2,19)20)10(16)9-22-15-12(18)4-3-11(17)14(15)16/h3-4,10,13H,5-9H2,1-2H3/t10-,13-,16+/m0/s1. The molecule has 0 saturated carbocycles. The first kappa shape index (κ1) is 16.6. The van der Waals surface area contributed by atoms with Gasteiger partial charge in [-0.05, 0) is 25.0 Å². The molecule has 0 aliphatic carbocycles. The Bertz CT molecular complexity index is 719. The van der Waals surface area contributed by atoms with Crippen LogP contribution in [0.4, 0.5) is 8.78 Å². The highest BCUT2D eigenvalue weighted by molar-refractivity contribution is 7.90. The minimum atomic E-state index is -3.11. The molecule has 3 atom stereocenters. The lowest BCUT2D eigenvalue weighted by molar-refractivity contribution is -0.0909. The summed E-state index contributed by atoms with van der Waals surface area (Å²) in [7, 11) is -3.11. The summed E-state index contributed by atoms with van der Waals surface area (Å²) in [6.07, 6.45) is 1.70. The lowest BCUT2D eigenvalue weighted by Crippen LogP contribution is -2.52. The quantitative estimate of drug-likeness (QED) is 0.844. The van der Waals surface area contributed by atoms with Gasteiger partial charge in [-0.25, -0.2) is 17.2 Å². The van der Waals surface area contributed by atoms with E-state index in [9.17, 15) is 17.2 Å². The lowest BCUT2D eigenvalue weighted by atomic mass is 9.64. The molecule has 2 aliphatic heterocycles. The van der Waals surface area contributed by atoms with Crippen LogP contribution in [0.25, 0.3) is 0 Å². The SMILES string of the molecule is C[C@@]12CCO[C@@H](CCS(C)(=O)=O)[C@@H]1COc1c(F)ccc(F)c12. The second kappa shape index (κ2) is 5.70. The van der Waals surface area contributed by atoms with E-state index in [2.05, 4.69) is 0 Å². The third-order valence-corrected chi connectivity index (χ3v) is 6.01. The van der Waals surface area contributed by atoms with Crippen molar-refractivity contribution in [3.8, 4) is 5.75 Å². The molecule has 0 bridgehead atoms. The molecule has 0 N–H and O–H groups in total. The van der Waals surface area contributed by atoms with Crippen molar-refractivity contribution in [2.75, 3.05) is 25.2 Å². The fraction of sp³-hybridized carbons (Fsp3) is 0.625. The van der Waals surface area contributed by atoms with Gasteiger partial charge < -0.3 is 9.47 Å². The van der Waals surface area contributed by atoms with Crippen LogP contribution in [-0.4, -0.2) is 39.7 Å². The highest BCUT2D eigenvalue weighted by Crippen LogP contribution is 2.50. The van der Waals surface area contributed by atoms with Gasteiger partial charge in [-0.2, -0.15) is 0 Å². The number of hydrogen-bond donors (Lipinski definition) is 0. The van der Waals surface area contributed by atoms with Gasteiger partial charge in [0.1, 0.15) is 15.7 Å². The first-order chi connectivity index (χ1) is 10.7. The number of hydrogen-bond acceptors (Lipinski definition) is 4. The van der Waals surface area contributed by atoms with Gasteiger partial charge in [0.15, 0.2) is 11.6 Å². The smallest absolute Gasteiger partial charge is 0.165 e. The summed E-state index contributed by atoms with van der Waals surface area (Å²) < 4.78 is 62.4. The molecule has 2 aliphatic rings. The molecule has 0 spiro atoms. The number of halogens is 2. The van der Waals surface area contributed by atoms with Crippen molar-refractivity contribution in [1.29, 1.82) is 0 Å². The fourth-order valence-electron chi connectivity index (χ4n) is 3.73. The van der Waals surface area contributed by atoms with Gasteiger partial charge in [0.05, 0.1) is 18.5 Å². The zero-order chi connectivity index (χ0) is 16.8. The maximum absolute atomic E-state index is 14.4. The lowest BCUT2D eigenvalue weighted by Gasteiger charge is -2.49. The van der Waals surface area contributed by atoms with Gasteiger partial charge >= 0.3 is 0 Å². The van der Waals surface area contributed by atoms with Crippen LogP contribution < -0.4 is 4.74 Å². The summed E-state index contributed by atoms with van der Waals surface area (Å²) in [6, 6.07) is 2.18. The Hall–Kier alpha value is -1.21. The molecule has 0 unspecified atom stereocenters. The Morgan fingerprint density at radius 3 is 2.70 bits per heavy atom. The molecule has 128 valence electrons. The number of benzene rings is 1. The molecule has 4 nitrogen and oxygen atoms in total. The molecule has 1 aromatic rings. The molecule has 3 rings (SSSR count). The van der Waals surface area contributed by atoms with Crippen LogP contribution in [0.15, 0.2) is 12.1 Å². The van der Waals surface area contributed by atoms with E-state index in [1.807, 2.05) is 6.92 Å². The predicted molar refractivity (Wildman–Crippen MR) is 81.4 cm³/mol. The van der Waals surface area contributed by atoms with E-state index >= 15 is 0 Å². The van der Waals surface area contributed by atoms with Gasteiger partial charge in [0.2, 0.25) is 0 Å². The molecule has 1 fully saturated rings. The van der Waals surface area contributed by atoms with Gasteiger partial charge in [0.25, 0.3) is 0 Å². The first-order valence-electron chi connectivity index (χ1n) is 7.63. The number of fused-ring (bicyclic) bond motifs is 3. The number of sulfone groups is 1. The van der Waals surface area contributed by atoms with Crippen molar-refractivity contribution in [3.05, 3.63) is 29.3 Å². The minimum Gasteiger partial charge on any atom is -0.490 e. The van der Waals surface area contributed by atoms with Crippen molar-refractivity contribution in [2.45, 2.75) is 31.3 Å². The highest BCUT2D eigenvalue weighted by atomic mass is 32.2. The fourth-order valence-corrected chi connectivity index (χ4v) is 4.39. The average Bonchev–Trinajstić information content (AvgIpc) is 2.46. The van der Waals surface area contributed by atoms with Crippen LogP contribution in [0.1, 0.15) is 25.3 Å². The van der Waals surface area contributed by atoms with Crippen LogP contribution in [-0.2, 0) is 20.0 Å². The average molecular weight is 346 g/mol. The van der Waals surface area contributed by atoms with E-state index in [0.717, 1.165) is 12.1 Å². The Labute approximate surface area is 134 Å². The highest BCUT2D eigenvalue weighted by Gasteiger charge is 2.50. The Kier molecular flexibility index (Phi) is 4.13. The van der Waals surface area contributed by atoms with Crippen LogP contribution in [0.3, 0.4) is 0 Å². The van der Waals surface area contributed by atoms with Crippen LogP contribution in [0, 0.1) is 17.6 Å². The third kappa shape index (κ3) is 2.96. The Morgan fingerprint density at radius 1 is 1.30 bits per heavy atom. The van der Waals surface area contributed by atoms with E-state index < -0.39 is 26.9 Å². The van der Waals surface area contributed by atoms with Crippen LogP contribution >= 0.6 is 0 Å². The number of ether oxygens (including phenoxy) is 2. The van der Waals surface area contributed by atoms with Crippen molar-refractivity contribution >= 4 is 9.84 Å². The maximum Gasteiger partial charge on any atom is 0.165 e. The Morgan fingerprint density at radius 2 is 2.00 bits per heavy atom.